The minimum absolute atomic E-state index is 0.147. The molecule has 0 radical (unpaired) electrons. The third kappa shape index (κ3) is 2.77. The molecule has 78 valence electrons. The maximum Gasteiger partial charge on any atom is 0.305 e. The second-order valence-corrected chi connectivity index (χ2v) is 4.84. The van der Waals surface area contributed by atoms with Crippen LogP contribution in [0, 0.1) is 5.82 Å². The summed E-state index contributed by atoms with van der Waals surface area (Å²) in [5.74, 6) is -0.511. The first-order chi connectivity index (χ1) is 6.41. The minimum atomic E-state index is -4.58. The molecule has 0 spiro atoms. The van der Waals surface area contributed by atoms with Gasteiger partial charge >= 0.3 is 10.2 Å². The summed E-state index contributed by atoms with van der Waals surface area (Å²) in [6, 6.07) is 5.73. The van der Waals surface area contributed by atoms with Crippen LogP contribution in [0.15, 0.2) is 24.3 Å². The first-order valence-corrected chi connectivity index (χ1v) is 5.53. The van der Waals surface area contributed by atoms with Crippen LogP contribution in [0.2, 0.25) is 0 Å². The molecular formula is C9H10F2O2S. The fourth-order valence-electron chi connectivity index (χ4n) is 1.07. The molecule has 0 amide bonds. The van der Waals surface area contributed by atoms with E-state index in [1.54, 1.807) is 6.07 Å². The van der Waals surface area contributed by atoms with Crippen molar-refractivity contribution in [2.45, 2.75) is 18.6 Å². The summed E-state index contributed by atoms with van der Waals surface area (Å²) in [6.45, 7) is 1.21. The quantitative estimate of drug-likeness (QED) is 0.731. The molecule has 0 N–H and O–H groups in total. The number of rotatable bonds is 3. The van der Waals surface area contributed by atoms with Crippen molar-refractivity contribution in [1.29, 1.82) is 0 Å². The lowest BCUT2D eigenvalue weighted by Gasteiger charge is -2.06. The minimum Gasteiger partial charge on any atom is -0.207 e. The average molecular weight is 220 g/mol. The third-order valence-electron chi connectivity index (χ3n) is 1.95. The van der Waals surface area contributed by atoms with E-state index in [4.69, 9.17) is 0 Å². The zero-order valence-electron chi connectivity index (χ0n) is 7.57. The summed E-state index contributed by atoms with van der Waals surface area (Å²) >= 11 is 0. The van der Waals surface area contributed by atoms with Crippen LogP contribution < -0.4 is 0 Å². The van der Waals surface area contributed by atoms with Crippen molar-refractivity contribution in [3.8, 4) is 0 Å². The lowest BCUT2D eigenvalue weighted by atomic mass is 10.1. The highest BCUT2D eigenvalue weighted by molar-refractivity contribution is 7.86. The van der Waals surface area contributed by atoms with Crippen LogP contribution in [0.1, 0.15) is 12.5 Å². The van der Waals surface area contributed by atoms with Gasteiger partial charge in [-0.25, -0.2) is 4.39 Å². The normalized spacial score (nSPS) is 13.9. The van der Waals surface area contributed by atoms with Crippen LogP contribution in [-0.2, 0) is 16.6 Å². The molecule has 0 aliphatic heterocycles. The molecule has 1 aromatic carbocycles. The van der Waals surface area contributed by atoms with Crippen molar-refractivity contribution < 1.29 is 16.7 Å². The van der Waals surface area contributed by atoms with E-state index in [9.17, 15) is 16.7 Å². The summed E-state index contributed by atoms with van der Waals surface area (Å²) in [4.78, 5) is 0. The fraction of sp³-hybridized carbons (Fsp3) is 0.333. The SMILES string of the molecule is CC(Cc1ccccc1F)S(=O)(=O)F. The monoisotopic (exact) mass is 220 g/mol. The second kappa shape index (κ2) is 4.04. The van der Waals surface area contributed by atoms with E-state index in [2.05, 4.69) is 0 Å². The molecule has 1 aromatic rings. The molecule has 2 nitrogen and oxygen atoms in total. The van der Waals surface area contributed by atoms with Crippen molar-refractivity contribution in [3.63, 3.8) is 0 Å². The molecule has 1 rings (SSSR count). The van der Waals surface area contributed by atoms with Gasteiger partial charge in [-0.15, -0.1) is 3.89 Å². The van der Waals surface area contributed by atoms with Gasteiger partial charge in [-0.1, -0.05) is 18.2 Å². The maximum absolute atomic E-state index is 13.0. The number of hydrogen-bond acceptors (Lipinski definition) is 2. The van der Waals surface area contributed by atoms with Crippen LogP contribution >= 0.6 is 0 Å². The summed E-state index contributed by atoms with van der Waals surface area (Å²) < 4.78 is 46.4. The summed E-state index contributed by atoms with van der Waals surface area (Å²) in [7, 11) is -4.58. The Morgan fingerprint density at radius 2 is 1.93 bits per heavy atom. The smallest absolute Gasteiger partial charge is 0.207 e. The van der Waals surface area contributed by atoms with Gasteiger partial charge in [0.15, 0.2) is 0 Å². The number of benzene rings is 1. The molecule has 0 heterocycles. The van der Waals surface area contributed by atoms with Gasteiger partial charge in [-0.2, -0.15) is 8.42 Å². The molecule has 0 saturated carbocycles. The van der Waals surface area contributed by atoms with Crippen LogP contribution in [0.25, 0.3) is 0 Å². The summed E-state index contributed by atoms with van der Waals surface area (Å²) in [5.41, 5.74) is 0.209. The van der Waals surface area contributed by atoms with Crippen molar-refractivity contribution in [2.75, 3.05) is 0 Å². The Labute approximate surface area is 81.8 Å². The Kier molecular flexibility index (Phi) is 3.21. The van der Waals surface area contributed by atoms with Crippen LogP contribution in [0.3, 0.4) is 0 Å². The molecule has 5 heteroatoms. The van der Waals surface area contributed by atoms with Gasteiger partial charge in [0, 0.05) is 0 Å². The van der Waals surface area contributed by atoms with E-state index in [0.717, 1.165) is 0 Å². The molecule has 0 aliphatic carbocycles. The van der Waals surface area contributed by atoms with Crippen molar-refractivity contribution >= 4 is 10.2 Å². The highest BCUT2D eigenvalue weighted by atomic mass is 32.3. The maximum atomic E-state index is 13.0. The predicted octanol–water partition coefficient (Wildman–Crippen LogP) is 2.06. The Hall–Kier alpha value is -0.970. The Morgan fingerprint density at radius 3 is 2.43 bits per heavy atom. The largest absolute Gasteiger partial charge is 0.305 e. The topological polar surface area (TPSA) is 34.1 Å². The van der Waals surface area contributed by atoms with Crippen LogP contribution in [0.4, 0.5) is 8.28 Å². The third-order valence-corrected chi connectivity index (χ3v) is 3.07. The zero-order valence-corrected chi connectivity index (χ0v) is 8.39. The first-order valence-electron chi connectivity index (χ1n) is 4.08. The predicted molar refractivity (Wildman–Crippen MR) is 49.6 cm³/mol. The van der Waals surface area contributed by atoms with Gasteiger partial charge in [-0.05, 0) is 25.0 Å². The summed E-state index contributed by atoms with van der Waals surface area (Å²) in [5, 5.41) is -1.21. The highest BCUT2D eigenvalue weighted by Gasteiger charge is 2.20. The van der Waals surface area contributed by atoms with Crippen LogP contribution in [0.5, 0.6) is 0 Å². The van der Waals surface area contributed by atoms with Gasteiger partial charge in [0.2, 0.25) is 0 Å². The molecule has 0 fully saturated rings. The van der Waals surface area contributed by atoms with Crippen molar-refractivity contribution in [3.05, 3.63) is 35.6 Å². The van der Waals surface area contributed by atoms with Crippen molar-refractivity contribution in [1.82, 2.24) is 0 Å². The molecule has 0 aliphatic rings. The number of hydrogen-bond donors (Lipinski definition) is 0. The standard InChI is InChI=1S/C9H10F2O2S/c1-7(14(11,12)13)6-8-4-2-3-5-9(8)10/h2-5,7H,6H2,1H3. The average Bonchev–Trinajstić information content (AvgIpc) is 2.07. The molecule has 0 saturated heterocycles. The molecule has 0 aromatic heterocycles. The highest BCUT2D eigenvalue weighted by Crippen LogP contribution is 2.14. The van der Waals surface area contributed by atoms with E-state index >= 15 is 0 Å². The van der Waals surface area contributed by atoms with E-state index in [1.165, 1.54) is 25.1 Å². The lowest BCUT2D eigenvalue weighted by Crippen LogP contribution is -2.16. The van der Waals surface area contributed by atoms with E-state index in [0.29, 0.717) is 0 Å². The van der Waals surface area contributed by atoms with Gasteiger partial charge < -0.3 is 0 Å². The number of halogens is 2. The van der Waals surface area contributed by atoms with Gasteiger partial charge in [0.1, 0.15) is 5.82 Å². The van der Waals surface area contributed by atoms with Crippen LogP contribution in [-0.4, -0.2) is 13.7 Å². The van der Waals surface area contributed by atoms with E-state index in [1.807, 2.05) is 0 Å². The second-order valence-electron chi connectivity index (χ2n) is 3.08. The zero-order chi connectivity index (χ0) is 10.8. The molecule has 1 atom stereocenters. The Bertz CT molecular complexity index is 415. The molecular weight excluding hydrogens is 210 g/mol. The van der Waals surface area contributed by atoms with Gasteiger partial charge in [-0.3, -0.25) is 0 Å². The molecule has 0 bridgehead atoms. The molecule has 1 unspecified atom stereocenters. The Balaban J connectivity index is 2.85. The summed E-state index contributed by atoms with van der Waals surface area (Å²) in [6.07, 6.45) is -0.147. The van der Waals surface area contributed by atoms with Gasteiger partial charge in [0.25, 0.3) is 0 Å². The van der Waals surface area contributed by atoms with E-state index in [-0.39, 0.29) is 12.0 Å². The molecule has 14 heavy (non-hydrogen) atoms. The van der Waals surface area contributed by atoms with Gasteiger partial charge in [0.05, 0.1) is 5.25 Å². The van der Waals surface area contributed by atoms with E-state index < -0.39 is 21.3 Å². The fourth-order valence-corrected chi connectivity index (χ4v) is 1.45. The lowest BCUT2D eigenvalue weighted by molar-refractivity contribution is 0.534. The Morgan fingerprint density at radius 1 is 1.36 bits per heavy atom. The first kappa shape index (κ1) is 11.1. The van der Waals surface area contributed by atoms with Crippen molar-refractivity contribution in [2.24, 2.45) is 0 Å².